The standard InChI is InChI=1S/C14H17N3O4/c1-9-3-5-10(6-4-9)12(19)7-17-11(8-18)13(15-16-17)14(20)21-2/h3-6,12,18-19H,7-8H2,1-2H3/t12-/m1/s1. The van der Waals surface area contributed by atoms with Crippen LogP contribution in [-0.4, -0.2) is 38.3 Å². The Morgan fingerprint density at radius 1 is 1.38 bits per heavy atom. The van der Waals surface area contributed by atoms with Crippen LogP contribution in [0.5, 0.6) is 0 Å². The molecule has 2 rings (SSSR count). The fourth-order valence-electron chi connectivity index (χ4n) is 1.95. The van der Waals surface area contributed by atoms with Gasteiger partial charge in [-0.3, -0.25) is 0 Å². The number of aryl methyl sites for hydroxylation is 1. The van der Waals surface area contributed by atoms with Gasteiger partial charge in [-0.2, -0.15) is 0 Å². The molecule has 7 heteroatoms. The minimum Gasteiger partial charge on any atom is -0.464 e. The molecule has 1 aromatic carbocycles. The van der Waals surface area contributed by atoms with Crippen LogP contribution in [0.15, 0.2) is 24.3 Å². The van der Waals surface area contributed by atoms with Crippen molar-refractivity contribution in [3.63, 3.8) is 0 Å². The molecule has 21 heavy (non-hydrogen) atoms. The largest absolute Gasteiger partial charge is 0.464 e. The van der Waals surface area contributed by atoms with E-state index in [2.05, 4.69) is 15.0 Å². The van der Waals surface area contributed by atoms with E-state index < -0.39 is 18.7 Å². The summed E-state index contributed by atoms with van der Waals surface area (Å²) in [6.07, 6.45) is -0.817. The monoisotopic (exact) mass is 291 g/mol. The predicted octanol–water partition coefficient (Wildman–Crippen LogP) is 0.599. The number of hydrogen-bond acceptors (Lipinski definition) is 6. The summed E-state index contributed by atoms with van der Waals surface area (Å²) < 4.78 is 5.87. The Bertz CT molecular complexity index is 622. The van der Waals surface area contributed by atoms with E-state index in [0.29, 0.717) is 0 Å². The van der Waals surface area contributed by atoms with E-state index in [0.717, 1.165) is 11.1 Å². The number of benzene rings is 1. The number of rotatable bonds is 5. The van der Waals surface area contributed by atoms with E-state index in [4.69, 9.17) is 0 Å². The normalized spacial score (nSPS) is 12.2. The lowest BCUT2D eigenvalue weighted by Crippen LogP contribution is -2.14. The Labute approximate surface area is 121 Å². The van der Waals surface area contributed by atoms with Gasteiger partial charge in [0, 0.05) is 0 Å². The van der Waals surface area contributed by atoms with Crippen molar-refractivity contribution in [2.24, 2.45) is 0 Å². The van der Waals surface area contributed by atoms with E-state index in [-0.39, 0.29) is 17.9 Å². The van der Waals surface area contributed by atoms with Crippen LogP contribution >= 0.6 is 0 Å². The van der Waals surface area contributed by atoms with Crippen LogP contribution < -0.4 is 0 Å². The van der Waals surface area contributed by atoms with Crippen molar-refractivity contribution in [2.75, 3.05) is 7.11 Å². The first-order valence-corrected chi connectivity index (χ1v) is 6.43. The van der Waals surface area contributed by atoms with Gasteiger partial charge in [0.2, 0.25) is 0 Å². The summed E-state index contributed by atoms with van der Waals surface area (Å²) >= 11 is 0. The Kier molecular flexibility index (Phi) is 4.66. The van der Waals surface area contributed by atoms with E-state index in [1.165, 1.54) is 11.8 Å². The summed E-state index contributed by atoms with van der Waals surface area (Å²) in [5.41, 5.74) is 1.99. The third kappa shape index (κ3) is 3.26. The maximum Gasteiger partial charge on any atom is 0.360 e. The molecule has 0 spiro atoms. The van der Waals surface area contributed by atoms with Gasteiger partial charge in [-0.15, -0.1) is 5.10 Å². The first-order valence-electron chi connectivity index (χ1n) is 6.43. The Morgan fingerprint density at radius 3 is 2.62 bits per heavy atom. The summed E-state index contributed by atoms with van der Waals surface area (Å²) in [5.74, 6) is -0.671. The molecule has 7 nitrogen and oxygen atoms in total. The number of methoxy groups -OCH3 is 1. The molecule has 1 aromatic heterocycles. The molecule has 0 saturated heterocycles. The lowest BCUT2D eigenvalue weighted by molar-refractivity contribution is 0.0589. The van der Waals surface area contributed by atoms with Gasteiger partial charge in [0.25, 0.3) is 0 Å². The van der Waals surface area contributed by atoms with Gasteiger partial charge in [-0.25, -0.2) is 9.48 Å². The SMILES string of the molecule is COC(=O)c1nnn(C[C@@H](O)c2ccc(C)cc2)c1CO. The van der Waals surface area contributed by atoms with Crippen molar-refractivity contribution < 1.29 is 19.7 Å². The molecule has 0 aliphatic rings. The van der Waals surface area contributed by atoms with Crippen molar-refractivity contribution >= 4 is 5.97 Å². The molecule has 0 amide bonds. The second-order valence-electron chi connectivity index (χ2n) is 4.64. The predicted molar refractivity (Wildman–Crippen MR) is 73.4 cm³/mol. The van der Waals surface area contributed by atoms with Crippen LogP contribution in [0.25, 0.3) is 0 Å². The number of esters is 1. The molecule has 0 saturated carbocycles. The number of aromatic nitrogens is 3. The van der Waals surface area contributed by atoms with Crippen molar-refractivity contribution in [3.05, 3.63) is 46.8 Å². The first-order chi connectivity index (χ1) is 10.1. The van der Waals surface area contributed by atoms with Crippen LogP contribution in [0.2, 0.25) is 0 Å². The fraction of sp³-hybridized carbons (Fsp3) is 0.357. The Balaban J connectivity index is 2.21. The highest BCUT2D eigenvalue weighted by Gasteiger charge is 2.21. The van der Waals surface area contributed by atoms with E-state index >= 15 is 0 Å². The van der Waals surface area contributed by atoms with Gasteiger partial charge in [0.1, 0.15) is 0 Å². The number of ether oxygens (including phenoxy) is 1. The average Bonchev–Trinajstić information content (AvgIpc) is 2.89. The quantitative estimate of drug-likeness (QED) is 0.783. The zero-order valence-corrected chi connectivity index (χ0v) is 11.9. The van der Waals surface area contributed by atoms with Gasteiger partial charge >= 0.3 is 5.97 Å². The summed E-state index contributed by atoms with van der Waals surface area (Å²) in [5, 5.41) is 27.0. The lowest BCUT2D eigenvalue weighted by atomic mass is 10.1. The molecule has 0 aliphatic heterocycles. The summed E-state index contributed by atoms with van der Waals surface area (Å²) in [6, 6.07) is 7.42. The van der Waals surface area contributed by atoms with Gasteiger partial charge < -0.3 is 14.9 Å². The van der Waals surface area contributed by atoms with Crippen molar-refractivity contribution in [2.45, 2.75) is 26.2 Å². The summed E-state index contributed by atoms with van der Waals surface area (Å²) in [4.78, 5) is 11.5. The molecule has 0 unspecified atom stereocenters. The van der Waals surface area contributed by atoms with Crippen LogP contribution in [0.3, 0.4) is 0 Å². The van der Waals surface area contributed by atoms with Crippen LogP contribution in [0, 0.1) is 6.92 Å². The summed E-state index contributed by atoms with van der Waals surface area (Å²) in [7, 11) is 1.23. The minimum atomic E-state index is -0.817. The van der Waals surface area contributed by atoms with Crippen molar-refractivity contribution in [1.82, 2.24) is 15.0 Å². The van der Waals surface area contributed by atoms with Gasteiger partial charge in [0.05, 0.1) is 32.1 Å². The molecular weight excluding hydrogens is 274 g/mol. The average molecular weight is 291 g/mol. The van der Waals surface area contributed by atoms with Gasteiger partial charge in [0.15, 0.2) is 5.69 Å². The number of carbonyl (C=O) groups excluding carboxylic acids is 1. The van der Waals surface area contributed by atoms with Crippen molar-refractivity contribution in [1.29, 1.82) is 0 Å². The second kappa shape index (κ2) is 6.47. The molecule has 112 valence electrons. The lowest BCUT2D eigenvalue weighted by Gasteiger charge is -2.12. The molecule has 2 N–H and O–H groups in total. The molecule has 0 radical (unpaired) electrons. The van der Waals surface area contributed by atoms with Gasteiger partial charge in [-0.1, -0.05) is 35.0 Å². The third-order valence-corrected chi connectivity index (χ3v) is 3.17. The Morgan fingerprint density at radius 2 is 2.05 bits per heavy atom. The number of nitrogens with zero attached hydrogens (tertiary/aromatic N) is 3. The maximum absolute atomic E-state index is 11.5. The molecule has 0 bridgehead atoms. The molecular formula is C14H17N3O4. The molecule has 1 heterocycles. The number of aliphatic hydroxyl groups is 2. The Hall–Kier alpha value is -2.25. The molecule has 0 aliphatic carbocycles. The number of carbonyl (C=O) groups is 1. The van der Waals surface area contributed by atoms with Crippen molar-refractivity contribution in [3.8, 4) is 0 Å². The minimum absolute atomic E-state index is 0.0453. The molecule has 0 fully saturated rings. The zero-order chi connectivity index (χ0) is 15.4. The highest BCUT2D eigenvalue weighted by molar-refractivity contribution is 5.88. The van der Waals surface area contributed by atoms with E-state index in [9.17, 15) is 15.0 Å². The van der Waals surface area contributed by atoms with E-state index in [1.54, 1.807) is 0 Å². The number of aliphatic hydroxyl groups excluding tert-OH is 2. The van der Waals surface area contributed by atoms with Crippen LogP contribution in [0.1, 0.15) is 33.4 Å². The van der Waals surface area contributed by atoms with Gasteiger partial charge in [-0.05, 0) is 12.5 Å². The first kappa shape index (κ1) is 15.1. The fourth-order valence-corrected chi connectivity index (χ4v) is 1.95. The third-order valence-electron chi connectivity index (χ3n) is 3.17. The highest BCUT2D eigenvalue weighted by Crippen LogP contribution is 2.17. The van der Waals surface area contributed by atoms with Crippen LogP contribution in [-0.2, 0) is 17.9 Å². The highest BCUT2D eigenvalue weighted by atomic mass is 16.5. The van der Waals surface area contributed by atoms with E-state index in [1.807, 2.05) is 31.2 Å². The topological polar surface area (TPSA) is 97.5 Å². The molecule has 1 atom stereocenters. The maximum atomic E-state index is 11.5. The van der Waals surface area contributed by atoms with Crippen LogP contribution in [0.4, 0.5) is 0 Å². The molecule has 2 aromatic rings. The zero-order valence-electron chi connectivity index (χ0n) is 11.9. The number of hydrogen-bond donors (Lipinski definition) is 2. The smallest absolute Gasteiger partial charge is 0.360 e. The summed E-state index contributed by atoms with van der Waals surface area (Å²) in [6.45, 7) is 1.63. The second-order valence-corrected chi connectivity index (χ2v) is 4.64.